The number of alkyl halides is 2. The van der Waals surface area contributed by atoms with E-state index >= 15 is 0 Å². The van der Waals surface area contributed by atoms with E-state index in [1.54, 1.807) is 0 Å². The summed E-state index contributed by atoms with van der Waals surface area (Å²) in [6.45, 7) is 0. The van der Waals surface area contributed by atoms with Gasteiger partial charge in [0, 0.05) is 0 Å². The Hall–Kier alpha value is 1.26. The highest BCUT2D eigenvalue weighted by Crippen LogP contribution is 2.51. The van der Waals surface area contributed by atoms with Crippen LogP contribution in [0.25, 0.3) is 0 Å². The summed E-state index contributed by atoms with van der Waals surface area (Å²) in [5, 5.41) is 0. The lowest BCUT2D eigenvalue weighted by Gasteiger charge is -2.16. The summed E-state index contributed by atoms with van der Waals surface area (Å²) in [6, 6.07) is 0. The topological polar surface area (TPSA) is 3.24 Å². The van der Waals surface area contributed by atoms with E-state index in [-0.39, 0.29) is 0 Å². The highest BCUT2D eigenvalue weighted by atomic mass is 35.7. The van der Waals surface area contributed by atoms with Crippen LogP contribution in [0.15, 0.2) is 0 Å². The molecule has 1 nitrogen and oxygen atoms in total. The van der Waals surface area contributed by atoms with Crippen molar-refractivity contribution in [1.29, 1.82) is 0 Å². The van der Waals surface area contributed by atoms with Crippen molar-refractivity contribution in [1.82, 2.24) is 4.67 Å². The predicted octanol–water partition coefficient (Wildman–Crippen LogP) is 2.86. The van der Waals surface area contributed by atoms with Gasteiger partial charge in [0.15, 0.2) is 4.58 Å². The summed E-state index contributed by atoms with van der Waals surface area (Å²) in [4.78, 5) is 0. The molecule has 0 N–H and O–H groups in total. The third kappa shape index (κ3) is 3.32. The van der Waals surface area contributed by atoms with Crippen molar-refractivity contribution in [2.24, 2.45) is 0 Å². The van der Waals surface area contributed by atoms with Gasteiger partial charge in [0.2, 0.25) is 0 Å². The van der Waals surface area contributed by atoms with E-state index in [9.17, 15) is 0 Å². The van der Waals surface area contributed by atoms with Crippen molar-refractivity contribution in [2.75, 3.05) is 14.1 Å². The number of rotatable bonds is 2. The van der Waals surface area contributed by atoms with Crippen molar-refractivity contribution in [3.63, 3.8) is 0 Å². The summed E-state index contributed by atoms with van der Waals surface area (Å²) < 4.78 is 1.35. The normalized spacial score (nSPS) is 15.4. The molecular weight excluding hydrogens is 187 g/mol. The smallest absolute Gasteiger partial charge is 0.154 e. The average Bonchev–Trinajstić information content (AvgIpc) is 1.64. The quantitative estimate of drug-likeness (QED) is 0.483. The molecule has 0 bridgehead atoms. The fraction of sp³-hybridized carbons (Fsp3) is 1.00. The molecule has 0 radical (unpaired) electrons. The van der Waals surface area contributed by atoms with Gasteiger partial charge in [0.1, 0.15) is 0 Å². The van der Waals surface area contributed by atoms with Crippen LogP contribution >= 0.6 is 41.9 Å². The summed E-state index contributed by atoms with van der Waals surface area (Å²) in [7, 11) is 2.83. The van der Waals surface area contributed by atoms with Gasteiger partial charge in [-0.1, -0.05) is 34.4 Å². The highest BCUT2D eigenvalue weighted by molar-refractivity contribution is 7.85. The predicted molar refractivity (Wildman–Crippen MR) is 42.0 cm³/mol. The Kier molecular flexibility index (Phi) is 4.79. The molecular formula is C3H7Cl3NP. The molecule has 8 heavy (non-hydrogen) atoms. The van der Waals surface area contributed by atoms with Gasteiger partial charge in [0.25, 0.3) is 0 Å². The molecule has 5 heteroatoms. The summed E-state index contributed by atoms with van der Waals surface area (Å²) in [5.74, 6) is 0. The Morgan fingerprint density at radius 3 is 1.75 bits per heavy atom. The van der Waals surface area contributed by atoms with Gasteiger partial charge in [-0.05, 0) is 14.1 Å². The molecule has 0 aromatic rings. The molecule has 0 rings (SSSR count). The first-order chi connectivity index (χ1) is 3.55. The van der Waals surface area contributed by atoms with Crippen LogP contribution in [0, 0.1) is 0 Å². The molecule has 0 fully saturated rings. The SMILES string of the molecule is CN(C)P(Cl)C(Cl)Cl. The lowest BCUT2D eigenvalue weighted by Crippen LogP contribution is -2.03. The third-order valence-corrected chi connectivity index (χ3v) is 4.83. The number of hydrogen-bond donors (Lipinski definition) is 0. The molecule has 50 valence electrons. The monoisotopic (exact) mass is 193 g/mol. The van der Waals surface area contributed by atoms with Crippen LogP contribution in [-0.4, -0.2) is 23.3 Å². The summed E-state index contributed by atoms with van der Waals surface area (Å²) in [6.07, 6.45) is 0. The first-order valence-corrected chi connectivity index (χ1v) is 5.10. The third-order valence-electron chi connectivity index (χ3n) is 0.543. The Bertz CT molecular complexity index is 59.5. The van der Waals surface area contributed by atoms with E-state index in [0.717, 1.165) is 0 Å². The van der Waals surface area contributed by atoms with Gasteiger partial charge < -0.3 is 0 Å². The van der Waals surface area contributed by atoms with E-state index in [1.807, 2.05) is 18.8 Å². The molecule has 0 aromatic heterocycles. The molecule has 0 amide bonds. The van der Waals surface area contributed by atoms with Crippen molar-refractivity contribution in [2.45, 2.75) is 4.58 Å². The first kappa shape index (κ1) is 9.26. The maximum atomic E-state index is 5.68. The minimum atomic E-state index is -0.862. The fourth-order valence-electron chi connectivity index (χ4n) is 0.175. The molecule has 0 aliphatic heterocycles. The van der Waals surface area contributed by atoms with Gasteiger partial charge in [-0.25, -0.2) is 0 Å². The van der Waals surface area contributed by atoms with Crippen LogP contribution in [0.1, 0.15) is 0 Å². The minimum Gasteiger partial charge on any atom is -0.274 e. The van der Waals surface area contributed by atoms with Crippen molar-refractivity contribution in [3.05, 3.63) is 0 Å². The molecule has 1 unspecified atom stereocenters. The second-order valence-corrected chi connectivity index (χ2v) is 6.05. The molecule has 0 saturated carbocycles. The van der Waals surface area contributed by atoms with Crippen LogP contribution in [0.4, 0.5) is 0 Å². The van der Waals surface area contributed by atoms with E-state index < -0.39 is 12.0 Å². The van der Waals surface area contributed by atoms with Crippen LogP contribution in [0.2, 0.25) is 0 Å². The van der Waals surface area contributed by atoms with Crippen molar-refractivity contribution >= 4 is 41.9 Å². The number of nitrogens with zero attached hydrogens (tertiary/aromatic N) is 1. The lowest BCUT2D eigenvalue weighted by molar-refractivity contribution is 0.688. The first-order valence-electron chi connectivity index (χ1n) is 1.96. The van der Waals surface area contributed by atoms with Crippen LogP contribution < -0.4 is 0 Å². The average molecular weight is 194 g/mol. The minimum absolute atomic E-state index is 0.457. The van der Waals surface area contributed by atoms with E-state index in [1.165, 1.54) is 0 Å². The molecule has 0 saturated heterocycles. The van der Waals surface area contributed by atoms with E-state index in [4.69, 9.17) is 34.4 Å². The second kappa shape index (κ2) is 4.14. The zero-order valence-electron chi connectivity index (χ0n) is 4.61. The zero-order valence-corrected chi connectivity index (χ0v) is 7.77. The molecule has 0 spiro atoms. The number of halogens is 3. The zero-order chi connectivity index (χ0) is 6.73. The molecule has 0 aliphatic carbocycles. The van der Waals surface area contributed by atoms with Gasteiger partial charge in [-0.15, -0.1) is 0 Å². The Morgan fingerprint density at radius 1 is 1.38 bits per heavy atom. The van der Waals surface area contributed by atoms with Crippen molar-refractivity contribution in [3.8, 4) is 0 Å². The Labute approximate surface area is 65.5 Å². The molecule has 1 atom stereocenters. The molecule has 0 aromatic carbocycles. The van der Waals surface area contributed by atoms with Gasteiger partial charge in [0.05, 0.1) is 7.43 Å². The van der Waals surface area contributed by atoms with Gasteiger partial charge in [-0.3, -0.25) is 4.67 Å². The summed E-state index contributed by atoms with van der Waals surface area (Å²) in [5.41, 5.74) is 0. The Balaban J connectivity index is 3.46. The molecule has 0 heterocycles. The van der Waals surface area contributed by atoms with Crippen LogP contribution in [0.5, 0.6) is 0 Å². The maximum Gasteiger partial charge on any atom is 0.154 e. The van der Waals surface area contributed by atoms with Gasteiger partial charge >= 0.3 is 0 Å². The largest absolute Gasteiger partial charge is 0.274 e. The molecule has 0 aliphatic rings. The summed E-state index contributed by atoms with van der Waals surface area (Å²) >= 11 is 16.6. The second-order valence-electron chi connectivity index (χ2n) is 1.41. The van der Waals surface area contributed by atoms with E-state index in [0.29, 0.717) is 0 Å². The van der Waals surface area contributed by atoms with Crippen LogP contribution in [-0.2, 0) is 0 Å². The van der Waals surface area contributed by atoms with Gasteiger partial charge in [-0.2, -0.15) is 0 Å². The van der Waals surface area contributed by atoms with Crippen molar-refractivity contribution < 1.29 is 0 Å². The standard InChI is InChI=1S/C3H7Cl3NP/c1-7(2)8(6)3(4)5/h3H,1-2H3. The maximum absolute atomic E-state index is 5.68. The lowest BCUT2D eigenvalue weighted by atomic mass is 11.3. The van der Waals surface area contributed by atoms with E-state index in [2.05, 4.69) is 0 Å². The fourth-order valence-corrected chi connectivity index (χ4v) is 1.57. The van der Waals surface area contributed by atoms with Crippen LogP contribution in [0.3, 0.4) is 0 Å². The number of hydrogen-bond acceptors (Lipinski definition) is 1. The Morgan fingerprint density at radius 2 is 1.75 bits per heavy atom. The highest BCUT2D eigenvalue weighted by Gasteiger charge is 2.14.